The summed E-state index contributed by atoms with van der Waals surface area (Å²) in [5.74, 6) is 1.05. The maximum Gasteiger partial charge on any atom is 0.292 e. The number of anilines is 1. The molecule has 0 aliphatic rings. The normalized spacial score (nSPS) is 11.2. The van der Waals surface area contributed by atoms with Gasteiger partial charge in [-0.05, 0) is 29.9 Å². The fourth-order valence-corrected chi connectivity index (χ4v) is 2.42. The van der Waals surface area contributed by atoms with E-state index in [9.17, 15) is 14.9 Å². The lowest BCUT2D eigenvalue weighted by atomic mass is 9.85. The zero-order chi connectivity index (χ0) is 16.2. The van der Waals surface area contributed by atoms with Crippen LogP contribution in [0, 0.1) is 27.9 Å². The minimum Gasteiger partial charge on any atom is -0.393 e. The molecule has 1 rings (SSSR count). The van der Waals surface area contributed by atoms with Gasteiger partial charge in [0, 0.05) is 18.2 Å². The lowest BCUT2D eigenvalue weighted by Gasteiger charge is -2.25. The predicted molar refractivity (Wildman–Crippen MR) is 83.0 cm³/mol. The molecule has 0 unspecified atom stereocenters. The van der Waals surface area contributed by atoms with Crippen molar-refractivity contribution >= 4 is 17.3 Å². The van der Waals surface area contributed by atoms with Crippen molar-refractivity contribution in [3.8, 4) is 0 Å². The van der Waals surface area contributed by atoms with Gasteiger partial charge < -0.3 is 11.1 Å². The quantitative estimate of drug-likeness (QED) is 0.478. The molecule has 0 spiro atoms. The standard InChI is InChI=1S/C15H23N3O3/c1-9(2)12(10(3)4)8-17-15(19)11-5-6-14(18(20)21)13(16)7-11/h5-7,9-10,12H,8,16H2,1-4H3,(H,17,19). The van der Waals surface area contributed by atoms with E-state index < -0.39 is 4.92 Å². The number of rotatable bonds is 6. The van der Waals surface area contributed by atoms with Gasteiger partial charge in [0.2, 0.25) is 0 Å². The number of nitrogens with one attached hydrogen (secondary N) is 1. The topological polar surface area (TPSA) is 98.3 Å². The fourth-order valence-electron chi connectivity index (χ4n) is 2.42. The van der Waals surface area contributed by atoms with E-state index in [4.69, 9.17) is 5.73 Å². The molecule has 3 N–H and O–H groups in total. The first kappa shape index (κ1) is 16.9. The lowest BCUT2D eigenvalue weighted by Crippen LogP contribution is -2.33. The molecule has 0 saturated carbocycles. The van der Waals surface area contributed by atoms with Crippen molar-refractivity contribution in [1.82, 2.24) is 5.32 Å². The van der Waals surface area contributed by atoms with Gasteiger partial charge in [0.05, 0.1) is 4.92 Å². The number of nitro benzene ring substituents is 1. The van der Waals surface area contributed by atoms with Crippen LogP contribution in [0.5, 0.6) is 0 Å². The molecule has 1 aromatic rings. The maximum absolute atomic E-state index is 12.1. The Morgan fingerprint density at radius 1 is 1.29 bits per heavy atom. The first-order valence-corrected chi connectivity index (χ1v) is 7.06. The summed E-state index contributed by atoms with van der Waals surface area (Å²) in [5.41, 5.74) is 5.74. The summed E-state index contributed by atoms with van der Waals surface area (Å²) in [7, 11) is 0. The second kappa shape index (κ2) is 7.06. The first-order valence-electron chi connectivity index (χ1n) is 7.06. The first-order chi connectivity index (χ1) is 9.73. The van der Waals surface area contributed by atoms with Crippen molar-refractivity contribution in [2.24, 2.45) is 17.8 Å². The summed E-state index contributed by atoms with van der Waals surface area (Å²) in [6, 6.07) is 4.02. The molecule has 0 bridgehead atoms. The second-order valence-corrected chi connectivity index (χ2v) is 5.89. The summed E-state index contributed by atoms with van der Waals surface area (Å²) in [4.78, 5) is 22.2. The Bertz CT molecular complexity index is 519. The highest BCUT2D eigenvalue weighted by Crippen LogP contribution is 2.23. The van der Waals surface area contributed by atoms with Gasteiger partial charge in [-0.25, -0.2) is 0 Å². The van der Waals surface area contributed by atoms with Crippen molar-refractivity contribution in [2.45, 2.75) is 27.7 Å². The Morgan fingerprint density at radius 2 is 1.86 bits per heavy atom. The Kier molecular flexibility index (Phi) is 5.69. The molecule has 0 radical (unpaired) electrons. The molecular formula is C15H23N3O3. The number of hydrogen-bond acceptors (Lipinski definition) is 4. The van der Waals surface area contributed by atoms with E-state index in [0.29, 0.717) is 29.9 Å². The minimum atomic E-state index is -0.565. The Hall–Kier alpha value is -2.11. The molecule has 1 amide bonds. The van der Waals surface area contributed by atoms with Crippen LogP contribution in [-0.4, -0.2) is 17.4 Å². The molecule has 0 aliphatic carbocycles. The molecule has 1 aromatic carbocycles. The van der Waals surface area contributed by atoms with Gasteiger partial charge in [-0.2, -0.15) is 0 Å². The molecule has 0 atom stereocenters. The van der Waals surface area contributed by atoms with Gasteiger partial charge >= 0.3 is 0 Å². The van der Waals surface area contributed by atoms with Crippen LogP contribution in [0.4, 0.5) is 11.4 Å². The predicted octanol–water partition coefficient (Wildman–Crippen LogP) is 2.84. The molecule has 0 saturated heterocycles. The summed E-state index contributed by atoms with van der Waals surface area (Å²) < 4.78 is 0. The number of hydrogen-bond donors (Lipinski definition) is 2. The average Bonchev–Trinajstić information content (AvgIpc) is 2.37. The third kappa shape index (κ3) is 4.44. The molecule has 6 nitrogen and oxygen atoms in total. The van der Waals surface area contributed by atoms with E-state index in [1.165, 1.54) is 18.2 Å². The van der Waals surface area contributed by atoms with E-state index in [1.807, 2.05) is 0 Å². The van der Waals surface area contributed by atoms with Gasteiger partial charge in [-0.15, -0.1) is 0 Å². The van der Waals surface area contributed by atoms with Gasteiger partial charge in [0.25, 0.3) is 11.6 Å². The molecule has 21 heavy (non-hydrogen) atoms. The van der Waals surface area contributed by atoms with Crippen LogP contribution < -0.4 is 11.1 Å². The van der Waals surface area contributed by atoms with Gasteiger partial charge in [0.1, 0.15) is 5.69 Å². The fraction of sp³-hybridized carbons (Fsp3) is 0.533. The molecule has 0 aliphatic heterocycles. The molecule has 0 heterocycles. The van der Waals surface area contributed by atoms with Crippen LogP contribution in [0.3, 0.4) is 0 Å². The van der Waals surface area contributed by atoms with Gasteiger partial charge in [-0.1, -0.05) is 27.7 Å². The molecule has 0 fully saturated rings. The summed E-state index contributed by atoms with van der Waals surface area (Å²) in [6.45, 7) is 9.08. The van der Waals surface area contributed by atoms with E-state index >= 15 is 0 Å². The monoisotopic (exact) mass is 293 g/mol. The summed E-state index contributed by atoms with van der Waals surface area (Å²) in [6.07, 6.45) is 0. The number of carbonyl (C=O) groups excluding carboxylic acids is 1. The summed E-state index contributed by atoms with van der Waals surface area (Å²) >= 11 is 0. The van der Waals surface area contributed by atoms with Crippen molar-refractivity contribution in [1.29, 1.82) is 0 Å². The number of nitrogen functional groups attached to an aromatic ring is 1. The minimum absolute atomic E-state index is 0.00285. The number of carbonyl (C=O) groups is 1. The van der Waals surface area contributed by atoms with Crippen molar-refractivity contribution < 1.29 is 9.72 Å². The Morgan fingerprint density at radius 3 is 2.29 bits per heavy atom. The Balaban J connectivity index is 2.76. The zero-order valence-electron chi connectivity index (χ0n) is 12.9. The van der Waals surface area contributed by atoms with Crippen LogP contribution in [0.15, 0.2) is 18.2 Å². The molecule has 6 heteroatoms. The number of nitro groups is 1. The third-order valence-corrected chi connectivity index (χ3v) is 3.70. The second-order valence-electron chi connectivity index (χ2n) is 5.89. The lowest BCUT2D eigenvalue weighted by molar-refractivity contribution is -0.383. The van der Waals surface area contributed by atoms with Crippen molar-refractivity contribution in [3.05, 3.63) is 33.9 Å². The third-order valence-electron chi connectivity index (χ3n) is 3.70. The number of benzene rings is 1. The highest BCUT2D eigenvalue weighted by Gasteiger charge is 2.19. The van der Waals surface area contributed by atoms with Crippen molar-refractivity contribution in [2.75, 3.05) is 12.3 Å². The smallest absolute Gasteiger partial charge is 0.292 e. The largest absolute Gasteiger partial charge is 0.393 e. The average molecular weight is 293 g/mol. The molecule has 0 aromatic heterocycles. The number of amides is 1. The SMILES string of the molecule is CC(C)C(CNC(=O)c1ccc([N+](=O)[O-])c(N)c1)C(C)C. The Labute approximate surface area is 124 Å². The van der Waals surface area contributed by atoms with E-state index in [0.717, 1.165) is 0 Å². The number of nitrogens with two attached hydrogens (primary N) is 1. The van der Waals surface area contributed by atoms with Crippen LogP contribution in [0.25, 0.3) is 0 Å². The highest BCUT2D eigenvalue weighted by molar-refractivity contribution is 5.95. The number of nitrogens with zero attached hydrogens (tertiary/aromatic N) is 1. The zero-order valence-corrected chi connectivity index (χ0v) is 12.9. The highest BCUT2D eigenvalue weighted by atomic mass is 16.6. The van der Waals surface area contributed by atoms with Crippen molar-refractivity contribution in [3.63, 3.8) is 0 Å². The van der Waals surface area contributed by atoms with Gasteiger partial charge in [0.15, 0.2) is 0 Å². The van der Waals surface area contributed by atoms with E-state index in [2.05, 4.69) is 33.0 Å². The van der Waals surface area contributed by atoms with Crippen LogP contribution in [0.1, 0.15) is 38.1 Å². The molecular weight excluding hydrogens is 270 g/mol. The molecule has 116 valence electrons. The maximum atomic E-state index is 12.1. The summed E-state index contributed by atoms with van der Waals surface area (Å²) in [5, 5.41) is 13.6. The van der Waals surface area contributed by atoms with E-state index in [-0.39, 0.29) is 17.3 Å². The van der Waals surface area contributed by atoms with Gasteiger partial charge in [-0.3, -0.25) is 14.9 Å². The van der Waals surface area contributed by atoms with Crippen LogP contribution in [-0.2, 0) is 0 Å². The van der Waals surface area contributed by atoms with Crippen LogP contribution >= 0.6 is 0 Å². The van der Waals surface area contributed by atoms with Crippen LogP contribution in [0.2, 0.25) is 0 Å². The van der Waals surface area contributed by atoms with E-state index in [1.54, 1.807) is 0 Å².